The van der Waals surface area contributed by atoms with Crippen molar-refractivity contribution in [2.45, 2.75) is 6.54 Å². The zero-order chi connectivity index (χ0) is 10.8. The van der Waals surface area contributed by atoms with Crippen LogP contribution in [0.2, 0.25) is 5.02 Å². The number of aromatic nitrogens is 2. The Morgan fingerprint density at radius 3 is 2.87 bits per heavy atom. The van der Waals surface area contributed by atoms with Crippen LogP contribution in [0.5, 0.6) is 5.75 Å². The fourth-order valence-corrected chi connectivity index (χ4v) is 1.53. The molecule has 0 radical (unpaired) electrons. The fraction of sp³-hybridized carbons (Fsp3) is 0.100. The molecule has 5 heteroatoms. The van der Waals surface area contributed by atoms with Crippen LogP contribution in [0, 0.1) is 0 Å². The van der Waals surface area contributed by atoms with Gasteiger partial charge in [0.2, 0.25) is 0 Å². The van der Waals surface area contributed by atoms with E-state index in [9.17, 15) is 5.11 Å². The zero-order valence-corrected chi connectivity index (χ0v) is 8.65. The second kappa shape index (κ2) is 3.92. The van der Waals surface area contributed by atoms with Gasteiger partial charge in [0.25, 0.3) is 0 Å². The maximum absolute atomic E-state index is 9.31. The first-order valence-electron chi connectivity index (χ1n) is 4.43. The Balaban J connectivity index is 2.52. The molecule has 0 unspecified atom stereocenters. The second-order valence-electron chi connectivity index (χ2n) is 3.12. The summed E-state index contributed by atoms with van der Waals surface area (Å²) in [5.41, 5.74) is 7.21. The molecule has 78 valence electrons. The van der Waals surface area contributed by atoms with Crippen molar-refractivity contribution in [3.63, 3.8) is 0 Å². The summed E-state index contributed by atoms with van der Waals surface area (Å²) < 4.78 is 1.63. The average Bonchev–Trinajstić information content (AvgIpc) is 2.64. The van der Waals surface area contributed by atoms with Crippen molar-refractivity contribution in [2.75, 3.05) is 0 Å². The van der Waals surface area contributed by atoms with E-state index in [1.807, 2.05) is 0 Å². The quantitative estimate of drug-likeness (QED) is 0.815. The second-order valence-corrected chi connectivity index (χ2v) is 3.56. The number of rotatable bonds is 2. The third-order valence-corrected chi connectivity index (χ3v) is 2.28. The first-order valence-corrected chi connectivity index (χ1v) is 4.81. The van der Waals surface area contributed by atoms with Crippen LogP contribution in [0.25, 0.3) is 5.69 Å². The number of hydrogen-bond acceptors (Lipinski definition) is 3. The highest BCUT2D eigenvalue weighted by Crippen LogP contribution is 2.20. The molecule has 0 aliphatic heterocycles. The number of hydrogen-bond donors (Lipinski definition) is 2. The normalized spacial score (nSPS) is 10.5. The van der Waals surface area contributed by atoms with Gasteiger partial charge < -0.3 is 10.8 Å². The summed E-state index contributed by atoms with van der Waals surface area (Å²) in [7, 11) is 0. The number of halogens is 1. The van der Waals surface area contributed by atoms with Crippen molar-refractivity contribution in [1.82, 2.24) is 9.78 Å². The number of phenols is 1. The van der Waals surface area contributed by atoms with Crippen molar-refractivity contribution in [1.29, 1.82) is 0 Å². The molecule has 0 amide bonds. The van der Waals surface area contributed by atoms with E-state index in [1.54, 1.807) is 35.3 Å². The van der Waals surface area contributed by atoms with Gasteiger partial charge in [0.1, 0.15) is 5.75 Å². The smallest absolute Gasteiger partial charge is 0.116 e. The van der Waals surface area contributed by atoms with Crippen LogP contribution in [0.1, 0.15) is 5.56 Å². The summed E-state index contributed by atoms with van der Waals surface area (Å²) in [5, 5.41) is 13.9. The highest BCUT2D eigenvalue weighted by molar-refractivity contribution is 6.30. The SMILES string of the molecule is NCc1cc(O)ccc1-n1cc(Cl)cn1. The summed E-state index contributed by atoms with van der Waals surface area (Å²) in [6, 6.07) is 4.95. The third-order valence-electron chi connectivity index (χ3n) is 2.08. The van der Waals surface area contributed by atoms with Crippen LogP contribution in [0.4, 0.5) is 0 Å². The van der Waals surface area contributed by atoms with E-state index in [4.69, 9.17) is 17.3 Å². The summed E-state index contributed by atoms with van der Waals surface area (Å²) in [5.74, 6) is 0.192. The van der Waals surface area contributed by atoms with Gasteiger partial charge in [0.15, 0.2) is 0 Å². The molecule has 2 rings (SSSR count). The molecule has 0 saturated heterocycles. The molecule has 0 bridgehead atoms. The van der Waals surface area contributed by atoms with Gasteiger partial charge >= 0.3 is 0 Å². The minimum atomic E-state index is 0.192. The summed E-state index contributed by atoms with van der Waals surface area (Å²) in [4.78, 5) is 0. The summed E-state index contributed by atoms with van der Waals surface area (Å²) in [6.45, 7) is 0.335. The van der Waals surface area contributed by atoms with Gasteiger partial charge in [-0.2, -0.15) is 5.10 Å². The Morgan fingerprint density at radius 1 is 1.47 bits per heavy atom. The Kier molecular flexibility index (Phi) is 2.62. The molecule has 3 N–H and O–H groups in total. The molecule has 0 atom stereocenters. The first kappa shape index (κ1) is 10.0. The first-order chi connectivity index (χ1) is 7.20. The molecule has 0 spiro atoms. The minimum Gasteiger partial charge on any atom is -0.508 e. The fourth-order valence-electron chi connectivity index (χ4n) is 1.39. The maximum atomic E-state index is 9.31. The van der Waals surface area contributed by atoms with Crippen LogP contribution in [0.15, 0.2) is 30.6 Å². The molecule has 0 aliphatic rings. The summed E-state index contributed by atoms with van der Waals surface area (Å²) in [6.07, 6.45) is 3.24. The highest BCUT2D eigenvalue weighted by atomic mass is 35.5. The number of nitrogens with two attached hydrogens (primary N) is 1. The van der Waals surface area contributed by atoms with Gasteiger partial charge in [0.05, 0.1) is 16.9 Å². The Labute approximate surface area is 91.9 Å². The van der Waals surface area contributed by atoms with E-state index in [2.05, 4.69) is 5.10 Å². The molecule has 1 heterocycles. The number of aromatic hydroxyl groups is 1. The highest BCUT2D eigenvalue weighted by Gasteiger charge is 2.05. The molecule has 2 aromatic rings. The largest absolute Gasteiger partial charge is 0.508 e. The lowest BCUT2D eigenvalue weighted by Crippen LogP contribution is -2.04. The molecular weight excluding hydrogens is 214 g/mol. The van der Waals surface area contributed by atoms with Gasteiger partial charge in [-0.3, -0.25) is 0 Å². The van der Waals surface area contributed by atoms with Crippen LogP contribution in [0.3, 0.4) is 0 Å². The molecule has 15 heavy (non-hydrogen) atoms. The molecule has 4 nitrogen and oxygen atoms in total. The lowest BCUT2D eigenvalue weighted by molar-refractivity contribution is 0.474. The molecule has 1 aromatic carbocycles. The number of benzene rings is 1. The Bertz CT molecular complexity index is 481. The van der Waals surface area contributed by atoms with Gasteiger partial charge in [0, 0.05) is 12.7 Å². The molecule has 1 aromatic heterocycles. The van der Waals surface area contributed by atoms with Crippen molar-refractivity contribution >= 4 is 11.6 Å². The number of phenolic OH excluding ortho intramolecular Hbond substituents is 1. The zero-order valence-electron chi connectivity index (χ0n) is 7.89. The van der Waals surface area contributed by atoms with Gasteiger partial charge in [-0.05, 0) is 23.8 Å². The third kappa shape index (κ3) is 1.95. The van der Waals surface area contributed by atoms with E-state index in [0.29, 0.717) is 11.6 Å². The Hall–Kier alpha value is -1.52. The predicted octanol–water partition coefficient (Wildman–Crippen LogP) is 1.69. The van der Waals surface area contributed by atoms with Gasteiger partial charge in [-0.15, -0.1) is 0 Å². The molecular formula is C10H10ClN3O. The molecule has 0 saturated carbocycles. The van der Waals surface area contributed by atoms with Crippen molar-refractivity contribution in [2.24, 2.45) is 5.73 Å². The van der Waals surface area contributed by atoms with Gasteiger partial charge in [-0.25, -0.2) is 4.68 Å². The molecule has 0 aliphatic carbocycles. The average molecular weight is 224 g/mol. The standard InChI is InChI=1S/C10H10ClN3O/c11-8-5-13-14(6-8)10-2-1-9(15)3-7(10)4-12/h1-3,5-6,15H,4,12H2. The van der Waals surface area contributed by atoms with Crippen LogP contribution in [-0.4, -0.2) is 14.9 Å². The van der Waals surface area contributed by atoms with Crippen LogP contribution in [-0.2, 0) is 6.54 Å². The maximum Gasteiger partial charge on any atom is 0.116 e. The van der Waals surface area contributed by atoms with Crippen molar-refractivity contribution in [3.05, 3.63) is 41.2 Å². The lowest BCUT2D eigenvalue weighted by atomic mass is 10.1. The van der Waals surface area contributed by atoms with E-state index in [0.717, 1.165) is 11.3 Å². The Morgan fingerprint density at radius 2 is 2.27 bits per heavy atom. The minimum absolute atomic E-state index is 0.192. The lowest BCUT2D eigenvalue weighted by Gasteiger charge is -2.07. The van der Waals surface area contributed by atoms with E-state index in [-0.39, 0.29) is 5.75 Å². The van der Waals surface area contributed by atoms with E-state index in [1.165, 1.54) is 0 Å². The van der Waals surface area contributed by atoms with Crippen molar-refractivity contribution in [3.8, 4) is 11.4 Å². The summed E-state index contributed by atoms with van der Waals surface area (Å²) >= 11 is 5.77. The monoisotopic (exact) mass is 223 g/mol. The predicted molar refractivity (Wildman–Crippen MR) is 58.1 cm³/mol. The topological polar surface area (TPSA) is 64.1 Å². The molecule has 0 fully saturated rings. The van der Waals surface area contributed by atoms with Crippen LogP contribution < -0.4 is 5.73 Å². The van der Waals surface area contributed by atoms with E-state index >= 15 is 0 Å². The van der Waals surface area contributed by atoms with Gasteiger partial charge in [-0.1, -0.05) is 11.6 Å². The number of nitrogens with zero attached hydrogens (tertiary/aromatic N) is 2. The van der Waals surface area contributed by atoms with Crippen molar-refractivity contribution < 1.29 is 5.11 Å². The van der Waals surface area contributed by atoms with Crippen LogP contribution >= 0.6 is 11.6 Å². The van der Waals surface area contributed by atoms with E-state index < -0.39 is 0 Å².